The SMILES string of the molecule is CC(C)Sc1ccc(-c2cc(NC[C@H](OC(=O)C(F)(F)F)c3ccccc3)ncn2)cc1. The Hall–Kier alpha value is -3.07. The number of rotatable bonds is 8. The van der Waals surface area contributed by atoms with Gasteiger partial charge >= 0.3 is 12.1 Å². The van der Waals surface area contributed by atoms with Gasteiger partial charge in [-0.3, -0.25) is 0 Å². The van der Waals surface area contributed by atoms with Crippen molar-refractivity contribution in [2.45, 2.75) is 36.3 Å². The number of ether oxygens (including phenoxy) is 1. The maximum atomic E-state index is 12.7. The molecule has 0 aliphatic rings. The van der Waals surface area contributed by atoms with Gasteiger partial charge in [-0.1, -0.05) is 56.3 Å². The lowest BCUT2D eigenvalue weighted by Gasteiger charge is -2.20. The summed E-state index contributed by atoms with van der Waals surface area (Å²) >= 11 is 1.75. The van der Waals surface area contributed by atoms with Gasteiger partial charge in [-0.2, -0.15) is 13.2 Å². The molecule has 0 unspecified atom stereocenters. The standard InChI is InChI=1S/C23H22F3N3O2S/c1-15(2)32-18-10-8-16(9-11-18)19-12-21(29-14-28-19)27-13-20(17-6-4-3-5-7-17)31-22(30)23(24,25)26/h3-12,14-15,20H,13H2,1-2H3,(H,27,28,29)/t20-/m0/s1. The van der Waals surface area contributed by atoms with E-state index in [-0.39, 0.29) is 6.54 Å². The lowest BCUT2D eigenvalue weighted by molar-refractivity contribution is -0.204. The normalized spacial score (nSPS) is 12.4. The highest BCUT2D eigenvalue weighted by atomic mass is 32.2. The van der Waals surface area contributed by atoms with E-state index in [0.717, 1.165) is 10.5 Å². The van der Waals surface area contributed by atoms with Gasteiger partial charge in [0.15, 0.2) is 0 Å². The molecule has 168 valence electrons. The van der Waals surface area contributed by atoms with Gasteiger partial charge in [0.2, 0.25) is 0 Å². The van der Waals surface area contributed by atoms with Crippen LogP contribution in [0.5, 0.6) is 0 Å². The number of thioether (sulfide) groups is 1. The summed E-state index contributed by atoms with van der Waals surface area (Å²) in [6, 6.07) is 17.9. The number of nitrogens with zero attached hydrogens (tertiary/aromatic N) is 2. The van der Waals surface area contributed by atoms with Crippen molar-refractivity contribution in [2.75, 3.05) is 11.9 Å². The fourth-order valence-electron chi connectivity index (χ4n) is 2.88. The molecule has 3 rings (SSSR count). The van der Waals surface area contributed by atoms with Gasteiger partial charge in [-0.15, -0.1) is 11.8 Å². The molecule has 2 aromatic carbocycles. The number of aromatic nitrogens is 2. The average Bonchev–Trinajstić information content (AvgIpc) is 2.76. The molecule has 32 heavy (non-hydrogen) atoms. The largest absolute Gasteiger partial charge is 0.490 e. The van der Waals surface area contributed by atoms with E-state index in [0.29, 0.717) is 22.3 Å². The fourth-order valence-corrected chi connectivity index (χ4v) is 3.71. The number of halogens is 3. The molecule has 1 atom stereocenters. The third-order valence-corrected chi connectivity index (χ3v) is 5.33. The first-order valence-corrected chi connectivity index (χ1v) is 10.8. The van der Waals surface area contributed by atoms with Gasteiger partial charge in [0, 0.05) is 21.8 Å². The van der Waals surface area contributed by atoms with Crippen molar-refractivity contribution >= 4 is 23.5 Å². The van der Waals surface area contributed by atoms with Crippen molar-refractivity contribution < 1.29 is 22.7 Å². The molecule has 0 aliphatic heterocycles. The highest BCUT2D eigenvalue weighted by molar-refractivity contribution is 7.99. The zero-order valence-electron chi connectivity index (χ0n) is 17.5. The topological polar surface area (TPSA) is 64.1 Å². The Bertz CT molecular complexity index is 1030. The quantitative estimate of drug-likeness (QED) is 0.333. The zero-order chi connectivity index (χ0) is 23.1. The van der Waals surface area contributed by atoms with Crippen LogP contribution < -0.4 is 5.32 Å². The summed E-state index contributed by atoms with van der Waals surface area (Å²) < 4.78 is 42.8. The minimum atomic E-state index is -5.07. The minimum Gasteiger partial charge on any atom is -0.449 e. The van der Waals surface area contributed by atoms with Crippen LogP contribution in [0.4, 0.5) is 19.0 Å². The van der Waals surface area contributed by atoms with E-state index in [1.165, 1.54) is 6.33 Å². The van der Waals surface area contributed by atoms with Crippen molar-refractivity contribution in [1.82, 2.24) is 9.97 Å². The van der Waals surface area contributed by atoms with Crippen molar-refractivity contribution in [3.05, 3.63) is 72.6 Å². The van der Waals surface area contributed by atoms with E-state index >= 15 is 0 Å². The van der Waals surface area contributed by atoms with Gasteiger partial charge in [-0.25, -0.2) is 14.8 Å². The Labute approximate surface area is 188 Å². The molecule has 1 N–H and O–H groups in total. The van der Waals surface area contributed by atoms with Crippen molar-refractivity contribution in [3.63, 3.8) is 0 Å². The molecule has 1 heterocycles. The summed E-state index contributed by atoms with van der Waals surface area (Å²) in [6.07, 6.45) is -4.85. The van der Waals surface area contributed by atoms with E-state index in [1.54, 1.807) is 48.2 Å². The van der Waals surface area contributed by atoms with Crippen LogP contribution in [0.2, 0.25) is 0 Å². The number of hydrogen-bond donors (Lipinski definition) is 1. The number of nitrogens with one attached hydrogen (secondary N) is 1. The zero-order valence-corrected chi connectivity index (χ0v) is 18.3. The van der Waals surface area contributed by atoms with Crippen molar-refractivity contribution in [1.29, 1.82) is 0 Å². The number of anilines is 1. The molecular formula is C23H22F3N3O2S. The molecule has 9 heteroatoms. The Morgan fingerprint density at radius 2 is 1.75 bits per heavy atom. The van der Waals surface area contributed by atoms with E-state index in [9.17, 15) is 18.0 Å². The molecule has 0 spiro atoms. The number of hydrogen-bond acceptors (Lipinski definition) is 6. The summed E-state index contributed by atoms with van der Waals surface area (Å²) in [6.45, 7) is 4.15. The maximum Gasteiger partial charge on any atom is 0.490 e. The van der Waals surface area contributed by atoms with Gasteiger partial charge in [0.1, 0.15) is 18.2 Å². The smallest absolute Gasteiger partial charge is 0.449 e. The molecule has 1 aromatic heterocycles. The van der Waals surface area contributed by atoms with Crippen LogP contribution in [-0.2, 0) is 9.53 Å². The third-order valence-electron chi connectivity index (χ3n) is 4.31. The highest BCUT2D eigenvalue weighted by Gasteiger charge is 2.42. The Balaban J connectivity index is 1.73. The summed E-state index contributed by atoms with van der Waals surface area (Å²) in [7, 11) is 0. The molecule has 3 aromatic rings. The maximum absolute atomic E-state index is 12.7. The third kappa shape index (κ3) is 6.71. The number of carbonyl (C=O) groups excluding carboxylic acids is 1. The fraction of sp³-hybridized carbons (Fsp3) is 0.261. The van der Waals surface area contributed by atoms with Crippen LogP contribution >= 0.6 is 11.8 Å². The first kappa shape index (κ1) is 23.6. The molecule has 0 aliphatic carbocycles. The second-order valence-corrected chi connectivity index (χ2v) is 8.81. The van der Waals surface area contributed by atoms with Crippen LogP contribution in [0.3, 0.4) is 0 Å². The molecule has 0 bridgehead atoms. The van der Waals surface area contributed by atoms with E-state index in [1.807, 2.05) is 24.3 Å². The van der Waals surface area contributed by atoms with Gasteiger partial charge < -0.3 is 10.1 Å². The van der Waals surface area contributed by atoms with E-state index in [4.69, 9.17) is 4.74 Å². The number of alkyl halides is 3. The second kappa shape index (κ2) is 10.5. The van der Waals surface area contributed by atoms with Crippen LogP contribution in [0.25, 0.3) is 11.3 Å². The predicted molar refractivity (Wildman–Crippen MR) is 118 cm³/mol. The molecule has 0 saturated carbocycles. The van der Waals surface area contributed by atoms with Crippen molar-refractivity contribution in [2.24, 2.45) is 0 Å². The number of esters is 1. The molecule has 0 fully saturated rings. The Kier molecular flexibility index (Phi) is 7.74. The molecule has 0 saturated heterocycles. The predicted octanol–water partition coefficient (Wildman–Crippen LogP) is 5.90. The number of carbonyl (C=O) groups is 1. The molecule has 5 nitrogen and oxygen atoms in total. The van der Waals surface area contributed by atoms with Crippen molar-refractivity contribution in [3.8, 4) is 11.3 Å². The Morgan fingerprint density at radius 3 is 2.38 bits per heavy atom. The van der Waals surface area contributed by atoms with Crippen LogP contribution in [0.15, 0.2) is 71.9 Å². The van der Waals surface area contributed by atoms with E-state index in [2.05, 4.69) is 29.1 Å². The van der Waals surface area contributed by atoms with Gasteiger partial charge in [0.05, 0.1) is 12.2 Å². The first-order chi connectivity index (χ1) is 15.2. The number of benzene rings is 2. The van der Waals surface area contributed by atoms with Gasteiger partial charge in [0.25, 0.3) is 0 Å². The van der Waals surface area contributed by atoms with Crippen LogP contribution in [-0.4, -0.2) is 33.9 Å². The lowest BCUT2D eigenvalue weighted by Crippen LogP contribution is -2.29. The van der Waals surface area contributed by atoms with Crippen LogP contribution in [0.1, 0.15) is 25.5 Å². The molecule has 0 radical (unpaired) electrons. The minimum absolute atomic E-state index is 0.0910. The Morgan fingerprint density at radius 1 is 1.06 bits per heavy atom. The monoisotopic (exact) mass is 461 g/mol. The summed E-state index contributed by atoms with van der Waals surface area (Å²) in [5.41, 5.74) is 1.98. The average molecular weight is 462 g/mol. The summed E-state index contributed by atoms with van der Waals surface area (Å²) in [5, 5.41) is 3.42. The second-order valence-electron chi connectivity index (χ2n) is 7.16. The highest BCUT2D eigenvalue weighted by Crippen LogP contribution is 2.27. The first-order valence-electron chi connectivity index (χ1n) is 9.88. The van der Waals surface area contributed by atoms with E-state index < -0.39 is 18.2 Å². The lowest BCUT2D eigenvalue weighted by atomic mass is 10.1. The summed E-state index contributed by atoms with van der Waals surface area (Å²) in [4.78, 5) is 20.9. The molecular weight excluding hydrogens is 439 g/mol. The van der Waals surface area contributed by atoms with Gasteiger partial charge in [-0.05, 0) is 17.7 Å². The molecule has 0 amide bonds. The van der Waals surface area contributed by atoms with Crippen LogP contribution in [0, 0.1) is 0 Å². The summed E-state index contributed by atoms with van der Waals surface area (Å²) in [5.74, 6) is -1.84.